The molecule has 0 radical (unpaired) electrons. The van der Waals surface area contributed by atoms with Crippen LogP contribution in [-0.2, 0) is 11.2 Å². The minimum atomic E-state index is 0. The Bertz CT molecular complexity index is 598. The summed E-state index contributed by atoms with van der Waals surface area (Å²) < 4.78 is 6.90. The van der Waals surface area contributed by atoms with Crippen molar-refractivity contribution in [1.82, 2.24) is 20.4 Å². The van der Waals surface area contributed by atoms with Crippen molar-refractivity contribution in [2.75, 3.05) is 33.4 Å². The third-order valence-corrected chi connectivity index (χ3v) is 3.53. The van der Waals surface area contributed by atoms with Crippen LogP contribution >= 0.6 is 24.0 Å². The summed E-state index contributed by atoms with van der Waals surface area (Å²) in [5, 5.41) is 10.9. The molecule has 1 heterocycles. The van der Waals surface area contributed by atoms with Gasteiger partial charge < -0.3 is 15.4 Å². The zero-order chi connectivity index (χ0) is 17.0. The standard InChI is InChI=1S/C18H27N5O.HI/c1-3-19-18(20-11-5-15-24-2)21-13-10-16-6-8-17(9-7-16)23-14-4-12-22-23;/h4,6-9,12,14H,3,5,10-11,13,15H2,1-2H3,(H2,19,20,21);1H. The first-order chi connectivity index (χ1) is 11.8. The fourth-order valence-electron chi connectivity index (χ4n) is 2.30. The van der Waals surface area contributed by atoms with Crippen LogP contribution in [0.4, 0.5) is 0 Å². The van der Waals surface area contributed by atoms with Gasteiger partial charge in [0.25, 0.3) is 0 Å². The van der Waals surface area contributed by atoms with Gasteiger partial charge in [-0.05, 0) is 43.5 Å². The summed E-state index contributed by atoms with van der Waals surface area (Å²) in [5.74, 6) is 0.863. The van der Waals surface area contributed by atoms with E-state index in [9.17, 15) is 0 Å². The third-order valence-electron chi connectivity index (χ3n) is 3.53. The van der Waals surface area contributed by atoms with E-state index in [2.05, 4.69) is 51.9 Å². The molecule has 0 amide bonds. The fourth-order valence-corrected chi connectivity index (χ4v) is 2.30. The molecule has 0 unspecified atom stereocenters. The van der Waals surface area contributed by atoms with Crippen LogP contribution in [0.15, 0.2) is 47.7 Å². The Kier molecular flexibility index (Phi) is 10.9. The van der Waals surface area contributed by atoms with Gasteiger partial charge in [0.05, 0.1) is 5.69 Å². The lowest BCUT2D eigenvalue weighted by Crippen LogP contribution is -2.38. The van der Waals surface area contributed by atoms with E-state index in [1.165, 1.54) is 5.56 Å². The Morgan fingerprint density at radius 3 is 2.68 bits per heavy atom. The maximum atomic E-state index is 5.04. The van der Waals surface area contributed by atoms with Crippen molar-refractivity contribution in [3.05, 3.63) is 48.3 Å². The minimum absolute atomic E-state index is 0. The van der Waals surface area contributed by atoms with E-state index in [1.807, 2.05) is 16.9 Å². The number of nitrogens with zero attached hydrogens (tertiary/aromatic N) is 3. The third kappa shape index (κ3) is 7.87. The zero-order valence-electron chi connectivity index (χ0n) is 14.9. The molecule has 138 valence electrons. The Morgan fingerprint density at radius 1 is 1.24 bits per heavy atom. The first kappa shape index (κ1) is 21.4. The Balaban J connectivity index is 0.00000312. The summed E-state index contributed by atoms with van der Waals surface area (Å²) >= 11 is 0. The lowest BCUT2D eigenvalue weighted by molar-refractivity contribution is 0.197. The molecular formula is C18H28IN5O. The van der Waals surface area contributed by atoms with Crippen LogP contribution in [-0.4, -0.2) is 49.1 Å². The number of aliphatic imine (C=N–C) groups is 1. The smallest absolute Gasteiger partial charge is 0.191 e. The molecule has 25 heavy (non-hydrogen) atoms. The molecule has 0 aliphatic rings. The molecule has 0 aliphatic carbocycles. The van der Waals surface area contributed by atoms with Gasteiger partial charge in [0.2, 0.25) is 0 Å². The number of nitrogens with one attached hydrogen (secondary N) is 2. The number of methoxy groups -OCH3 is 1. The molecule has 0 atom stereocenters. The number of benzene rings is 1. The van der Waals surface area contributed by atoms with E-state index >= 15 is 0 Å². The van der Waals surface area contributed by atoms with Crippen molar-refractivity contribution < 1.29 is 4.74 Å². The van der Waals surface area contributed by atoms with Gasteiger partial charge in [-0.3, -0.25) is 4.99 Å². The topological polar surface area (TPSA) is 63.5 Å². The first-order valence-corrected chi connectivity index (χ1v) is 8.43. The maximum absolute atomic E-state index is 5.04. The first-order valence-electron chi connectivity index (χ1n) is 8.43. The van der Waals surface area contributed by atoms with Gasteiger partial charge in [0, 0.05) is 45.7 Å². The number of halogens is 1. The van der Waals surface area contributed by atoms with E-state index in [0.29, 0.717) is 0 Å². The van der Waals surface area contributed by atoms with Crippen molar-refractivity contribution >= 4 is 29.9 Å². The molecule has 1 aromatic heterocycles. The maximum Gasteiger partial charge on any atom is 0.191 e. The van der Waals surface area contributed by atoms with E-state index in [-0.39, 0.29) is 24.0 Å². The van der Waals surface area contributed by atoms with E-state index in [1.54, 1.807) is 13.3 Å². The Hall–Kier alpha value is -1.61. The monoisotopic (exact) mass is 457 g/mol. The number of rotatable bonds is 9. The largest absolute Gasteiger partial charge is 0.385 e. The SMILES string of the molecule is CCNC(=NCCCOC)NCCc1ccc(-n2cccn2)cc1.I. The predicted octanol–water partition coefficient (Wildman–Crippen LogP) is 2.62. The highest BCUT2D eigenvalue weighted by Gasteiger charge is 1.99. The highest BCUT2D eigenvalue weighted by molar-refractivity contribution is 14.0. The average Bonchev–Trinajstić information content (AvgIpc) is 3.14. The van der Waals surface area contributed by atoms with E-state index in [4.69, 9.17) is 4.74 Å². The van der Waals surface area contributed by atoms with Crippen LogP contribution in [0.2, 0.25) is 0 Å². The summed E-state index contributed by atoms with van der Waals surface area (Å²) in [5.41, 5.74) is 2.36. The lowest BCUT2D eigenvalue weighted by atomic mass is 10.1. The van der Waals surface area contributed by atoms with Gasteiger partial charge in [-0.2, -0.15) is 5.10 Å². The second-order valence-corrected chi connectivity index (χ2v) is 5.40. The molecule has 0 spiro atoms. The van der Waals surface area contributed by atoms with Crippen LogP contribution in [0.1, 0.15) is 18.9 Å². The fraction of sp³-hybridized carbons (Fsp3) is 0.444. The Labute approximate surface area is 167 Å². The molecule has 7 heteroatoms. The molecule has 2 N–H and O–H groups in total. The van der Waals surface area contributed by atoms with Gasteiger partial charge in [0.15, 0.2) is 5.96 Å². The van der Waals surface area contributed by atoms with Gasteiger partial charge in [-0.25, -0.2) is 4.68 Å². The molecule has 0 saturated carbocycles. The molecule has 0 fully saturated rings. The summed E-state index contributed by atoms with van der Waals surface area (Å²) in [7, 11) is 1.71. The number of hydrogen-bond acceptors (Lipinski definition) is 3. The molecule has 1 aromatic carbocycles. The number of aromatic nitrogens is 2. The van der Waals surface area contributed by atoms with Crippen molar-refractivity contribution in [2.24, 2.45) is 4.99 Å². The number of ether oxygens (including phenoxy) is 1. The average molecular weight is 457 g/mol. The van der Waals surface area contributed by atoms with Gasteiger partial charge in [-0.1, -0.05) is 12.1 Å². The van der Waals surface area contributed by atoms with Gasteiger partial charge in [0.1, 0.15) is 0 Å². The quantitative estimate of drug-likeness (QED) is 0.263. The molecule has 2 rings (SSSR count). The van der Waals surface area contributed by atoms with Gasteiger partial charge >= 0.3 is 0 Å². The zero-order valence-corrected chi connectivity index (χ0v) is 17.3. The van der Waals surface area contributed by atoms with Crippen LogP contribution in [0.3, 0.4) is 0 Å². The second kappa shape index (κ2) is 12.7. The summed E-state index contributed by atoms with van der Waals surface area (Å²) in [6.45, 7) is 5.28. The van der Waals surface area contributed by atoms with Crippen LogP contribution < -0.4 is 10.6 Å². The molecule has 2 aromatic rings. The Morgan fingerprint density at radius 2 is 2.04 bits per heavy atom. The highest BCUT2D eigenvalue weighted by Crippen LogP contribution is 2.08. The normalized spacial score (nSPS) is 11.0. The van der Waals surface area contributed by atoms with Crippen LogP contribution in [0.5, 0.6) is 0 Å². The number of guanidine groups is 1. The van der Waals surface area contributed by atoms with Gasteiger partial charge in [-0.15, -0.1) is 24.0 Å². The number of hydrogen-bond donors (Lipinski definition) is 2. The summed E-state index contributed by atoms with van der Waals surface area (Å²) in [6, 6.07) is 10.4. The molecule has 6 nitrogen and oxygen atoms in total. The molecule has 0 aliphatic heterocycles. The van der Waals surface area contributed by atoms with Crippen molar-refractivity contribution in [3.8, 4) is 5.69 Å². The van der Waals surface area contributed by atoms with Crippen molar-refractivity contribution in [1.29, 1.82) is 0 Å². The van der Waals surface area contributed by atoms with E-state index in [0.717, 1.165) is 50.7 Å². The molecule has 0 bridgehead atoms. The summed E-state index contributed by atoms with van der Waals surface area (Å²) in [4.78, 5) is 4.53. The lowest BCUT2D eigenvalue weighted by Gasteiger charge is -2.11. The van der Waals surface area contributed by atoms with Crippen LogP contribution in [0, 0.1) is 0 Å². The summed E-state index contributed by atoms with van der Waals surface area (Å²) in [6.07, 6.45) is 5.61. The molecular weight excluding hydrogens is 429 g/mol. The highest BCUT2D eigenvalue weighted by atomic mass is 127. The predicted molar refractivity (Wildman–Crippen MR) is 113 cm³/mol. The minimum Gasteiger partial charge on any atom is -0.385 e. The van der Waals surface area contributed by atoms with E-state index < -0.39 is 0 Å². The van der Waals surface area contributed by atoms with Crippen molar-refractivity contribution in [3.63, 3.8) is 0 Å². The second-order valence-electron chi connectivity index (χ2n) is 5.40. The van der Waals surface area contributed by atoms with Crippen LogP contribution in [0.25, 0.3) is 5.69 Å². The van der Waals surface area contributed by atoms with Crippen molar-refractivity contribution in [2.45, 2.75) is 19.8 Å². The molecule has 0 saturated heterocycles.